The van der Waals surface area contributed by atoms with Crippen molar-refractivity contribution in [2.45, 2.75) is 31.6 Å². The van der Waals surface area contributed by atoms with Crippen molar-refractivity contribution in [3.05, 3.63) is 58.7 Å². The molecule has 2 aromatic rings. The van der Waals surface area contributed by atoms with Crippen LogP contribution < -0.4 is 0 Å². The Bertz CT molecular complexity index is 944. The van der Waals surface area contributed by atoms with Gasteiger partial charge in [-0.2, -0.15) is 36.9 Å². The van der Waals surface area contributed by atoms with Crippen LogP contribution in [0.1, 0.15) is 29.2 Å². The zero-order chi connectivity index (χ0) is 20.6. The first kappa shape index (κ1) is 20.3. The van der Waals surface area contributed by atoms with Crippen molar-refractivity contribution in [1.29, 1.82) is 10.5 Å². The first-order valence-electron chi connectivity index (χ1n) is 7.56. The fourth-order valence-corrected chi connectivity index (χ4v) is 2.66. The van der Waals surface area contributed by atoms with Crippen LogP contribution in [0.15, 0.2) is 36.4 Å². The van der Waals surface area contributed by atoms with Gasteiger partial charge in [-0.15, -0.1) is 0 Å². The Kier molecular flexibility index (Phi) is 4.98. The topological polar surface area (TPSA) is 47.6 Å². The van der Waals surface area contributed by atoms with Crippen LogP contribution in [0.5, 0.6) is 0 Å². The quantitative estimate of drug-likeness (QED) is 0.618. The lowest BCUT2D eigenvalue weighted by atomic mass is 9.79. The minimum Gasteiger partial charge on any atom is -0.192 e. The summed E-state index contributed by atoms with van der Waals surface area (Å²) in [6, 6.07) is 10.5. The average molecular weight is 382 g/mol. The van der Waals surface area contributed by atoms with E-state index in [1.54, 1.807) is 19.1 Å². The number of benzene rings is 2. The zero-order valence-electron chi connectivity index (χ0n) is 14.1. The predicted octanol–water partition coefficient (Wildman–Crippen LogP) is 5.79. The van der Waals surface area contributed by atoms with Gasteiger partial charge in [-0.3, -0.25) is 0 Å². The van der Waals surface area contributed by atoms with Gasteiger partial charge in [-0.25, -0.2) is 0 Å². The third kappa shape index (κ3) is 3.35. The van der Waals surface area contributed by atoms with Crippen LogP contribution in [0, 0.1) is 29.6 Å². The average Bonchev–Trinajstić information content (AvgIpc) is 2.58. The van der Waals surface area contributed by atoms with E-state index >= 15 is 0 Å². The molecule has 140 valence electrons. The second-order valence-electron chi connectivity index (χ2n) is 6.15. The van der Waals surface area contributed by atoms with Crippen LogP contribution in [0.2, 0.25) is 0 Å². The van der Waals surface area contributed by atoms with E-state index in [9.17, 15) is 36.9 Å². The van der Waals surface area contributed by atoms with Crippen molar-refractivity contribution in [3.63, 3.8) is 0 Å². The van der Waals surface area contributed by atoms with Crippen LogP contribution in [-0.4, -0.2) is 12.4 Å². The first-order valence-corrected chi connectivity index (χ1v) is 7.56. The molecule has 27 heavy (non-hydrogen) atoms. The molecule has 0 unspecified atom stereocenters. The minimum absolute atomic E-state index is 0.0374. The molecule has 2 nitrogen and oxygen atoms in total. The molecule has 0 N–H and O–H groups in total. The second-order valence-corrected chi connectivity index (χ2v) is 6.15. The van der Waals surface area contributed by atoms with Crippen LogP contribution in [-0.2, 0) is 5.41 Å². The van der Waals surface area contributed by atoms with Gasteiger partial charge in [0.25, 0.3) is 0 Å². The highest BCUT2D eigenvalue weighted by atomic mass is 19.4. The number of nitriles is 2. The molecule has 0 aliphatic rings. The summed E-state index contributed by atoms with van der Waals surface area (Å²) in [7, 11) is 0. The molecule has 0 atom stereocenters. The van der Waals surface area contributed by atoms with Gasteiger partial charge in [-0.1, -0.05) is 24.3 Å². The highest BCUT2D eigenvalue weighted by molar-refractivity contribution is 5.76. The maximum absolute atomic E-state index is 13.3. The molecule has 0 aromatic heterocycles. The molecule has 0 heterocycles. The summed E-state index contributed by atoms with van der Waals surface area (Å²) >= 11 is 0. The molecule has 0 saturated carbocycles. The molecule has 2 aromatic carbocycles. The van der Waals surface area contributed by atoms with Gasteiger partial charge in [0.05, 0.1) is 23.3 Å². The number of halogens is 6. The highest BCUT2D eigenvalue weighted by Gasteiger charge is 2.68. The van der Waals surface area contributed by atoms with Crippen molar-refractivity contribution in [3.8, 4) is 23.3 Å². The van der Waals surface area contributed by atoms with E-state index in [-0.39, 0.29) is 29.2 Å². The molecular weight excluding hydrogens is 370 g/mol. The highest BCUT2D eigenvalue weighted by Crippen LogP contribution is 2.52. The Morgan fingerprint density at radius 3 is 1.63 bits per heavy atom. The molecule has 0 fully saturated rings. The van der Waals surface area contributed by atoms with E-state index < -0.39 is 23.3 Å². The lowest BCUT2D eigenvalue weighted by molar-refractivity contribution is -0.297. The first-order chi connectivity index (χ1) is 12.4. The normalized spacial score (nSPS) is 12.4. The fraction of sp³-hybridized carbons (Fsp3) is 0.263. The van der Waals surface area contributed by atoms with E-state index in [0.717, 1.165) is 11.6 Å². The lowest BCUT2D eigenvalue weighted by Crippen LogP contribution is -2.51. The zero-order valence-corrected chi connectivity index (χ0v) is 14.1. The van der Waals surface area contributed by atoms with Gasteiger partial charge in [-0.05, 0) is 37.1 Å². The number of rotatable bonds is 2. The van der Waals surface area contributed by atoms with Crippen LogP contribution in [0.25, 0.3) is 11.1 Å². The van der Waals surface area contributed by atoms with E-state index in [1.807, 2.05) is 6.07 Å². The summed E-state index contributed by atoms with van der Waals surface area (Å²) in [6.07, 6.45) is -11.2. The number of aryl methyl sites for hydroxylation is 1. The number of hydrogen-bond donors (Lipinski definition) is 0. The molecule has 0 bridgehead atoms. The van der Waals surface area contributed by atoms with E-state index in [2.05, 4.69) is 0 Å². The second kappa shape index (κ2) is 6.62. The van der Waals surface area contributed by atoms with Gasteiger partial charge in [0.1, 0.15) is 0 Å². The summed E-state index contributed by atoms with van der Waals surface area (Å²) < 4.78 is 79.6. The molecule has 0 spiro atoms. The predicted molar refractivity (Wildman–Crippen MR) is 85.5 cm³/mol. The van der Waals surface area contributed by atoms with Crippen LogP contribution in [0.3, 0.4) is 0 Å². The molecule has 8 heteroatoms. The summed E-state index contributed by atoms with van der Waals surface area (Å²) in [5.74, 6) is 0. The van der Waals surface area contributed by atoms with E-state index in [1.165, 1.54) is 12.1 Å². The van der Waals surface area contributed by atoms with Gasteiger partial charge in [0.2, 0.25) is 0 Å². The third-order valence-corrected chi connectivity index (χ3v) is 4.44. The van der Waals surface area contributed by atoms with Gasteiger partial charge >= 0.3 is 12.4 Å². The minimum atomic E-state index is -5.61. The standard InChI is InChI=1S/C19H12F6N2/c1-11-3-5-15(12(7-11)9-26)16-6-4-14(8-13(16)10-27)17(2,18(20,21)22)19(23,24)25/h3-8H,1-2H3. The Morgan fingerprint density at radius 2 is 1.19 bits per heavy atom. The lowest BCUT2D eigenvalue weighted by Gasteiger charge is -2.34. The molecule has 0 aliphatic carbocycles. The molecular formula is C19H12F6N2. The molecule has 0 amide bonds. The summed E-state index contributed by atoms with van der Waals surface area (Å²) in [5, 5.41) is 18.5. The summed E-state index contributed by atoms with van der Waals surface area (Å²) in [4.78, 5) is 0. The number of hydrogen-bond acceptors (Lipinski definition) is 2. The van der Waals surface area contributed by atoms with Crippen LogP contribution >= 0.6 is 0 Å². The third-order valence-electron chi connectivity index (χ3n) is 4.44. The number of nitrogens with zero attached hydrogens (tertiary/aromatic N) is 2. The SMILES string of the molecule is Cc1ccc(-c2ccc(C(C)(C(F)(F)F)C(F)(F)F)cc2C#N)c(C#N)c1. The maximum Gasteiger partial charge on any atom is 0.406 e. The van der Waals surface area contributed by atoms with Gasteiger partial charge in [0, 0.05) is 11.1 Å². The largest absolute Gasteiger partial charge is 0.406 e. The monoisotopic (exact) mass is 382 g/mol. The van der Waals surface area contributed by atoms with Crippen molar-refractivity contribution in [2.24, 2.45) is 0 Å². The van der Waals surface area contributed by atoms with E-state index in [4.69, 9.17) is 0 Å². The smallest absolute Gasteiger partial charge is 0.192 e. The Balaban J connectivity index is 2.75. The molecule has 0 radical (unpaired) electrons. The van der Waals surface area contributed by atoms with Gasteiger partial charge < -0.3 is 0 Å². The van der Waals surface area contributed by atoms with Crippen LogP contribution in [0.4, 0.5) is 26.3 Å². The Labute approximate surface area is 151 Å². The Hall–Kier alpha value is -3.00. The van der Waals surface area contributed by atoms with Crippen molar-refractivity contribution >= 4 is 0 Å². The van der Waals surface area contributed by atoms with Crippen molar-refractivity contribution in [1.82, 2.24) is 0 Å². The van der Waals surface area contributed by atoms with Crippen molar-refractivity contribution < 1.29 is 26.3 Å². The maximum atomic E-state index is 13.3. The molecule has 0 aliphatic heterocycles. The summed E-state index contributed by atoms with van der Waals surface area (Å²) in [5.41, 5.74) is -4.35. The van der Waals surface area contributed by atoms with Crippen molar-refractivity contribution in [2.75, 3.05) is 0 Å². The Morgan fingerprint density at radius 1 is 0.741 bits per heavy atom. The molecule has 2 rings (SSSR count). The van der Waals surface area contributed by atoms with Gasteiger partial charge in [0.15, 0.2) is 5.41 Å². The fourth-order valence-electron chi connectivity index (χ4n) is 2.66. The summed E-state index contributed by atoms with van der Waals surface area (Å²) in [6.45, 7) is 1.76. The van der Waals surface area contributed by atoms with E-state index in [0.29, 0.717) is 12.1 Å². The number of alkyl halides is 6. The molecule has 0 saturated heterocycles.